The van der Waals surface area contributed by atoms with Crippen molar-refractivity contribution in [2.24, 2.45) is 0 Å². The van der Waals surface area contributed by atoms with Gasteiger partial charge in [0.1, 0.15) is 16.3 Å². The van der Waals surface area contributed by atoms with Gasteiger partial charge < -0.3 is 19.5 Å². The molecule has 0 fully saturated rings. The lowest BCUT2D eigenvalue weighted by Crippen LogP contribution is -2.20. The van der Waals surface area contributed by atoms with E-state index in [0.717, 1.165) is 11.3 Å². The van der Waals surface area contributed by atoms with Gasteiger partial charge in [-0.1, -0.05) is 12.1 Å². The second kappa shape index (κ2) is 9.35. The normalized spacial score (nSPS) is 11.7. The van der Waals surface area contributed by atoms with Crippen molar-refractivity contribution in [2.75, 3.05) is 26.1 Å². The molecule has 0 bridgehead atoms. The smallest absolute Gasteiger partial charge is 0.341 e. The highest BCUT2D eigenvalue weighted by atomic mass is 32.1. The van der Waals surface area contributed by atoms with Gasteiger partial charge in [-0.2, -0.15) is 0 Å². The first-order valence-electron chi connectivity index (χ1n) is 8.25. The molecule has 1 aromatic carbocycles. The molecule has 0 aliphatic carbocycles. The van der Waals surface area contributed by atoms with Gasteiger partial charge >= 0.3 is 5.97 Å². The fourth-order valence-electron chi connectivity index (χ4n) is 2.36. The third kappa shape index (κ3) is 4.83. The molecule has 1 heterocycles. The number of rotatable bonds is 8. The summed E-state index contributed by atoms with van der Waals surface area (Å²) in [4.78, 5) is 24.7. The van der Waals surface area contributed by atoms with Gasteiger partial charge in [0.05, 0.1) is 26.2 Å². The Morgan fingerprint density at radius 1 is 1.19 bits per heavy atom. The first-order chi connectivity index (χ1) is 12.5. The van der Waals surface area contributed by atoms with E-state index in [9.17, 15) is 9.59 Å². The van der Waals surface area contributed by atoms with E-state index in [1.165, 1.54) is 11.3 Å². The highest BCUT2D eigenvalue weighted by Crippen LogP contribution is 2.37. The molecule has 0 spiro atoms. The Hall–Kier alpha value is -2.38. The van der Waals surface area contributed by atoms with Crippen LogP contribution in [0.15, 0.2) is 29.6 Å². The fourth-order valence-corrected chi connectivity index (χ4v) is 3.33. The lowest BCUT2D eigenvalue weighted by Gasteiger charge is -2.11. The highest BCUT2D eigenvalue weighted by molar-refractivity contribution is 7.15. The number of ether oxygens (including phenoxy) is 3. The van der Waals surface area contributed by atoms with Gasteiger partial charge in [-0.25, -0.2) is 4.79 Å². The zero-order valence-corrected chi connectivity index (χ0v) is 16.1. The van der Waals surface area contributed by atoms with Crippen LogP contribution in [-0.2, 0) is 14.3 Å². The number of nitrogens with one attached hydrogen (secondary N) is 1. The molecule has 1 N–H and O–H groups in total. The molecule has 0 radical (unpaired) electrons. The first-order valence-corrected chi connectivity index (χ1v) is 9.13. The second-order valence-corrected chi connectivity index (χ2v) is 6.48. The number of amides is 1. The summed E-state index contributed by atoms with van der Waals surface area (Å²) in [5.41, 5.74) is 1.92. The van der Waals surface area contributed by atoms with Crippen LogP contribution in [0, 0.1) is 0 Å². The molecule has 2 aromatic rings. The van der Waals surface area contributed by atoms with E-state index in [-0.39, 0.29) is 25.0 Å². The third-order valence-corrected chi connectivity index (χ3v) is 4.70. The van der Waals surface area contributed by atoms with Crippen LogP contribution >= 0.6 is 11.3 Å². The highest BCUT2D eigenvalue weighted by Gasteiger charge is 2.23. The van der Waals surface area contributed by atoms with E-state index in [1.54, 1.807) is 21.1 Å². The van der Waals surface area contributed by atoms with Gasteiger partial charge in [0, 0.05) is 18.1 Å². The Morgan fingerprint density at radius 3 is 2.46 bits per heavy atom. The molecule has 0 aliphatic rings. The topological polar surface area (TPSA) is 73.9 Å². The van der Waals surface area contributed by atoms with Crippen LogP contribution in [0.5, 0.6) is 5.75 Å². The van der Waals surface area contributed by atoms with Crippen molar-refractivity contribution in [1.29, 1.82) is 0 Å². The Bertz CT molecular complexity index is 754. The maximum Gasteiger partial charge on any atom is 0.341 e. The number of carbonyl (C=O) groups is 2. The summed E-state index contributed by atoms with van der Waals surface area (Å²) in [5.74, 6) is 0.0476. The van der Waals surface area contributed by atoms with Crippen LogP contribution in [0.25, 0.3) is 11.1 Å². The van der Waals surface area contributed by atoms with E-state index in [4.69, 9.17) is 14.2 Å². The van der Waals surface area contributed by atoms with Crippen molar-refractivity contribution in [3.63, 3.8) is 0 Å². The third-order valence-electron chi connectivity index (χ3n) is 3.80. The zero-order valence-electron chi connectivity index (χ0n) is 15.3. The predicted molar refractivity (Wildman–Crippen MR) is 102 cm³/mol. The maximum atomic E-state index is 12.5. The van der Waals surface area contributed by atoms with E-state index in [0.29, 0.717) is 16.1 Å². The van der Waals surface area contributed by atoms with Crippen molar-refractivity contribution in [1.82, 2.24) is 0 Å². The van der Waals surface area contributed by atoms with Gasteiger partial charge in [-0.15, -0.1) is 11.3 Å². The van der Waals surface area contributed by atoms with Crippen molar-refractivity contribution in [3.8, 4) is 16.9 Å². The minimum atomic E-state index is -0.463. The molecular formula is C19H23NO5S. The SMILES string of the molecule is CCOC(=O)c1c(-c2ccc(OC)cc2)csc1NC(=O)CC(C)OC. The predicted octanol–water partition coefficient (Wildman–Crippen LogP) is 3.96. The molecule has 1 atom stereocenters. The van der Waals surface area contributed by atoms with E-state index < -0.39 is 5.97 Å². The minimum absolute atomic E-state index is 0.203. The number of anilines is 1. The molecule has 1 aromatic heterocycles. The minimum Gasteiger partial charge on any atom is -0.497 e. The Morgan fingerprint density at radius 2 is 1.88 bits per heavy atom. The maximum absolute atomic E-state index is 12.5. The molecular weight excluding hydrogens is 354 g/mol. The van der Waals surface area contributed by atoms with Gasteiger partial charge in [0.2, 0.25) is 5.91 Å². The zero-order chi connectivity index (χ0) is 19.1. The molecule has 0 saturated carbocycles. The molecule has 6 nitrogen and oxygen atoms in total. The average Bonchev–Trinajstić information content (AvgIpc) is 3.05. The standard InChI is InChI=1S/C19H23NO5S/c1-5-25-19(22)17-15(13-6-8-14(24-4)9-7-13)11-26-18(17)20-16(21)10-12(2)23-3/h6-9,11-12H,5,10H2,1-4H3,(H,20,21). The van der Waals surface area contributed by atoms with Gasteiger partial charge in [-0.3, -0.25) is 4.79 Å². The monoisotopic (exact) mass is 377 g/mol. The number of esters is 1. The molecule has 1 amide bonds. The average molecular weight is 377 g/mol. The van der Waals surface area contributed by atoms with Crippen LogP contribution in [0.3, 0.4) is 0 Å². The Balaban J connectivity index is 2.35. The summed E-state index contributed by atoms with van der Waals surface area (Å²) in [5, 5.41) is 5.11. The fraction of sp³-hybridized carbons (Fsp3) is 0.368. The summed E-state index contributed by atoms with van der Waals surface area (Å²) in [6.45, 7) is 3.81. The van der Waals surface area contributed by atoms with Gasteiger partial charge in [-0.05, 0) is 31.5 Å². The molecule has 0 aliphatic heterocycles. The van der Waals surface area contributed by atoms with Gasteiger partial charge in [0.25, 0.3) is 0 Å². The number of hydrogen-bond donors (Lipinski definition) is 1. The lowest BCUT2D eigenvalue weighted by molar-refractivity contribution is -0.118. The number of carbonyl (C=O) groups excluding carboxylic acids is 2. The number of hydrogen-bond acceptors (Lipinski definition) is 6. The summed E-state index contributed by atoms with van der Waals surface area (Å²) < 4.78 is 15.5. The number of methoxy groups -OCH3 is 2. The van der Waals surface area contributed by atoms with Crippen molar-refractivity contribution >= 4 is 28.2 Å². The largest absolute Gasteiger partial charge is 0.497 e. The summed E-state index contributed by atoms with van der Waals surface area (Å²) in [7, 11) is 3.15. The van der Waals surface area contributed by atoms with E-state index in [1.807, 2.05) is 36.6 Å². The number of thiophene rings is 1. The first kappa shape index (κ1) is 19.9. The molecule has 140 valence electrons. The molecule has 2 rings (SSSR count). The van der Waals surface area contributed by atoms with Crippen LogP contribution in [0.2, 0.25) is 0 Å². The van der Waals surface area contributed by atoms with Crippen LogP contribution in [0.4, 0.5) is 5.00 Å². The number of benzene rings is 1. The van der Waals surface area contributed by atoms with Crippen molar-refractivity contribution < 1.29 is 23.8 Å². The van der Waals surface area contributed by atoms with Crippen molar-refractivity contribution in [2.45, 2.75) is 26.4 Å². The Kier molecular flexibility index (Phi) is 7.17. The van der Waals surface area contributed by atoms with Crippen LogP contribution in [-0.4, -0.2) is 38.8 Å². The van der Waals surface area contributed by atoms with Gasteiger partial charge in [0.15, 0.2) is 0 Å². The second-order valence-electron chi connectivity index (χ2n) is 5.60. The molecule has 0 saturated heterocycles. The van der Waals surface area contributed by atoms with Crippen LogP contribution in [0.1, 0.15) is 30.6 Å². The summed E-state index contributed by atoms with van der Waals surface area (Å²) in [6, 6.07) is 7.37. The van der Waals surface area contributed by atoms with E-state index in [2.05, 4.69) is 5.32 Å². The van der Waals surface area contributed by atoms with E-state index >= 15 is 0 Å². The Labute approximate surface area is 157 Å². The molecule has 1 unspecified atom stereocenters. The quantitative estimate of drug-likeness (QED) is 0.705. The summed E-state index contributed by atoms with van der Waals surface area (Å²) in [6.07, 6.45) is -0.00351. The lowest BCUT2D eigenvalue weighted by atomic mass is 10.0. The van der Waals surface area contributed by atoms with Crippen molar-refractivity contribution in [3.05, 3.63) is 35.2 Å². The summed E-state index contributed by atoms with van der Waals surface area (Å²) >= 11 is 1.29. The van der Waals surface area contributed by atoms with Crippen LogP contribution < -0.4 is 10.1 Å². The molecule has 7 heteroatoms. The molecule has 26 heavy (non-hydrogen) atoms.